The van der Waals surface area contributed by atoms with E-state index < -0.39 is 10.0 Å². The minimum atomic E-state index is -3.33. The van der Waals surface area contributed by atoms with Gasteiger partial charge in [-0.05, 0) is 18.6 Å². The van der Waals surface area contributed by atoms with Gasteiger partial charge in [-0.25, -0.2) is 18.1 Å². The van der Waals surface area contributed by atoms with Crippen molar-refractivity contribution in [2.75, 3.05) is 5.75 Å². The lowest BCUT2D eigenvalue weighted by atomic mass is 10.2. The van der Waals surface area contributed by atoms with E-state index in [0.29, 0.717) is 23.1 Å². The molecule has 0 amide bonds. The Labute approximate surface area is 123 Å². The van der Waals surface area contributed by atoms with E-state index >= 15 is 0 Å². The number of benzene rings is 1. The molecule has 0 saturated heterocycles. The molecule has 2 aromatic rings. The van der Waals surface area contributed by atoms with Crippen LogP contribution in [0.5, 0.6) is 0 Å². The maximum absolute atomic E-state index is 12.2. The average molecular weight is 309 g/mol. The van der Waals surface area contributed by atoms with Gasteiger partial charge in [-0.15, -0.1) is 0 Å². The number of sulfonamides is 1. The molecule has 7 heteroatoms. The first-order chi connectivity index (χ1) is 9.94. The van der Waals surface area contributed by atoms with Crippen LogP contribution in [0.1, 0.15) is 25.6 Å². The molecule has 6 nitrogen and oxygen atoms in total. The molecule has 0 saturated carbocycles. The summed E-state index contributed by atoms with van der Waals surface area (Å²) in [6, 6.07) is 7.02. The third-order valence-electron chi connectivity index (χ3n) is 3.29. The van der Waals surface area contributed by atoms with Gasteiger partial charge in [-0.3, -0.25) is 9.36 Å². The van der Waals surface area contributed by atoms with E-state index in [1.54, 1.807) is 31.3 Å². The molecule has 0 aliphatic rings. The lowest BCUT2D eigenvalue weighted by molar-refractivity contribution is 0.573. The van der Waals surface area contributed by atoms with Gasteiger partial charge in [0.25, 0.3) is 5.56 Å². The Kier molecular flexibility index (Phi) is 4.74. The summed E-state index contributed by atoms with van der Waals surface area (Å²) in [6.45, 7) is 1.95. The second kappa shape index (κ2) is 6.36. The van der Waals surface area contributed by atoms with Crippen LogP contribution in [-0.2, 0) is 23.6 Å². The first-order valence-corrected chi connectivity index (χ1v) is 8.52. The molecule has 0 fully saturated rings. The van der Waals surface area contributed by atoms with Crippen molar-refractivity contribution in [3.8, 4) is 0 Å². The molecule has 114 valence electrons. The van der Waals surface area contributed by atoms with Gasteiger partial charge in [0.1, 0.15) is 5.82 Å². The molecule has 1 aromatic heterocycles. The number of fused-ring (bicyclic) bond motifs is 1. The normalized spacial score (nSPS) is 11.9. The number of nitrogens with one attached hydrogen (secondary N) is 1. The number of para-hydroxylation sites is 1. The summed E-state index contributed by atoms with van der Waals surface area (Å²) in [4.78, 5) is 16.5. The van der Waals surface area contributed by atoms with Gasteiger partial charge in [0.2, 0.25) is 10.0 Å². The summed E-state index contributed by atoms with van der Waals surface area (Å²) in [5.74, 6) is 0.490. The predicted molar refractivity (Wildman–Crippen MR) is 82.5 cm³/mol. The van der Waals surface area contributed by atoms with Crippen LogP contribution < -0.4 is 10.3 Å². The van der Waals surface area contributed by atoms with Crippen molar-refractivity contribution >= 4 is 20.9 Å². The Hall–Kier alpha value is -1.73. The van der Waals surface area contributed by atoms with Gasteiger partial charge in [0.05, 0.1) is 23.2 Å². The fraction of sp³-hybridized carbons (Fsp3) is 0.429. The Morgan fingerprint density at radius 3 is 2.71 bits per heavy atom. The molecule has 21 heavy (non-hydrogen) atoms. The Morgan fingerprint density at radius 1 is 1.29 bits per heavy atom. The Morgan fingerprint density at radius 2 is 2.00 bits per heavy atom. The predicted octanol–water partition coefficient (Wildman–Crippen LogP) is 1.15. The Bertz CT molecular complexity index is 797. The molecule has 0 bridgehead atoms. The monoisotopic (exact) mass is 309 g/mol. The van der Waals surface area contributed by atoms with E-state index in [9.17, 15) is 13.2 Å². The molecule has 0 atom stereocenters. The highest BCUT2D eigenvalue weighted by molar-refractivity contribution is 7.89. The fourth-order valence-electron chi connectivity index (χ4n) is 2.00. The van der Waals surface area contributed by atoms with Gasteiger partial charge in [-0.2, -0.15) is 0 Å². The van der Waals surface area contributed by atoms with Crippen molar-refractivity contribution in [3.05, 3.63) is 40.4 Å². The minimum Gasteiger partial charge on any atom is -0.298 e. The van der Waals surface area contributed by atoms with Gasteiger partial charge >= 0.3 is 0 Å². The number of rotatable bonds is 6. The van der Waals surface area contributed by atoms with Crippen molar-refractivity contribution in [3.63, 3.8) is 0 Å². The zero-order valence-corrected chi connectivity index (χ0v) is 13.0. The van der Waals surface area contributed by atoms with E-state index in [0.717, 1.165) is 6.42 Å². The van der Waals surface area contributed by atoms with E-state index in [4.69, 9.17) is 0 Å². The number of nitrogens with zero attached hydrogens (tertiary/aromatic N) is 2. The minimum absolute atomic E-state index is 0.0165. The third kappa shape index (κ3) is 3.68. The van der Waals surface area contributed by atoms with Gasteiger partial charge in [-0.1, -0.05) is 25.5 Å². The standard InChI is InChI=1S/C14H19N3O3S/c1-3-4-9-21(19,20)15-10-13-16-12-8-6-5-7-11(12)14(18)17(13)2/h5-8,15H,3-4,9-10H2,1-2H3. The number of aromatic nitrogens is 2. The summed E-state index contributed by atoms with van der Waals surface area (Å²) in [6.07, 6.45) is 1.42. The summed E-state index contributed by atoms with van der Waals surface area (Å²) >= 11 is 0. The van der Waals surface area contributed by atoms with Crippen LogP contribution in [0.25, 0.3) is 10.9 Å². The summed E-state index contributed by atoms with van der Waals surface area (Å²) in [5.41, 5.74) is 0.395. The van der Waals surface area contributed by atoms with Crippen molar-refractivity contribution in [1.82, 2.24) is 14.3 Å². The first-order valence-electron chi connectivity index (χ1n) is 6.86. The average Bonchev–Trinajstić information content (AvgIpc) is 2.47. The SMILES string of the molecule is CCCCS(=O)(=O)NCc1nc2ccccc2c(=O)n1C. The molecule has 0 radical (unpaired) electrons. The Balaban J connectivity index is 2.27. The first kappa shape index (κ1) is 15.7. The van der Waals surface area contributed by atoms with Gasteiger partial charge in [0, 0.05) is 7.05 Å². The van der Waals surface area contributed by atoms with Gasteiger partial charge in [0.15, 0.2) is 0 Å². The molecular formula is C14H19N3O3S. The maximum Gasteiger partial charge on any atom is 0.261 e. The molecule has 0 aliphatic heterocycles. The molecule has 1 aromatic carbocycles. The van der Waals surface area contributed by atoms with E-state index in [1.165, 1.54) is 4.57 Å². The zero-order valence-electron chi connectivity index (χ0n) is 12.2. The van der Waals surface area contributed by atoms with Crippen molar-refractivity contribution in [1.29, 1.82) is 0 Å². The molecule has 0 unspecified atom stereocenters. The highest BCUT2D eigenvalue weighted by Gasteiger charge is 2.12. The second-order valence-corrected chi connectivity index (χ2v) is 6.83. The molecule has 2 rings (SSSR count). The van der Waals surface area contributed by atoms with Crippen molar-refractivity contribution in [2.24, 2.45) is 7.05 Å². The molecular weight excluding hydrogens is 290 g/mol. The lowest BCUT2D eigenvalue weighted by Crippen LogP contribution is -2.30. The van der Waals surface area contributed by atoms with Crippen LogP contribution in [0.4, 0.5) is 0 Å². The molecule has 1 N–H and O–H groups in total. The number of hydrogen-bond acceptors (Lipinski definition) is 4. The fourth-order valence-corrected chi connectivity index (χ4v) is 3.17. The third-order valence-corrected chi connectivity index (χ3v) is 4.70. The zero-order chi connectivity index (χ0) is 15.5. The van der Waals surface area contributed by atoms with Crippen molar-refractivity contribution < 1.29 is 8.42 Å². The smallest absolute Gasteiger partial charge is 0.261 e. The van der Waals surface area contributed by atoms with Crippen LogP contribution in [0.2, 0.25) is 0 Å². The largest absolute Gasteiger partial charge is 0.298 e. The highest BCUT2D eigenvalue weighted by atomic mass is 32.2. The molecule has 0 spiro atoms. The second-order valence-electron chi connectivity index (χ2n) is 4.90. The lowest BCUT2D eigenvalue weighted by Gasteiger charge is -2.10. The maximum atomic E-state index is 12.2. The number of unbranched alkanes of at least 4 members (excludes halogenated alkanes) is 1. The highest BCUT2D eigenvalue weighted by Crippen LogP contribution is 2.07. The van der Waals surface area contributed by atoms with Crippen LogP contribution in [0.3, 0.4) is 0 Å². The number of hydrogen-bond donors (Lipinski definition) is 1. The molecule has 0 aliphatic carbocycles. The van der Waals surface area contributed by atoms with E-state index in [-0.39, 0.29) is 17.9 Å². The van der Waals surface area contributed by atoms with Crippen LogP contribution >= 0.6 is 0 Å². The summed E-state index contributed by atoms with van der Waals surface area (Å²) in [5, 5.41) is 0.526. The van der Waals surface area contributed by atoms with E-state index in [1.807, 2.05) is 6.92 Å². The van der Waals surface area contributed by atoms with Crippen molar-refractivity contribution in [2.45, 2.75) is 26.3 Å². The molecule has 1 heterocycles. The topological polar surface area (TPSA) is 81.1 Å². The van der Waals surface area contributed by atoms with Crippen LogP contribution in [0.15, 0.2) is 29.1 Å². The van der Waals surface area contributed by atoms with Gasteiger partial charge < -0.3 is 0 Å². The quantitative estimate of drug-likeness (QED) is 0.868. The van der Waals surface area contributed by atoms with E-state index in [2.05, 4.69) is 9.71 Å². The summed E-state index contributed by atoms with van der Waals surface area (Å²) < 4.78 is 27.5. The van der Waals surface area contributed by atoms with Crippen LogP contribution in [-0.4, -0.2) is 23.7 Å². The summed E-state index contributed by atoms with van der Waals surface area (Å²) in [7, 11) is -1.74. The van der Waals surface area contributed by atoms with Crippen LogP contribution in [0, 0.1) is 0 Å².